The van der Waals surface area contributed by atoms with Crippen molar-refractivity contribution in [2.45, 2.75) is 0 Å². The molecule has 104 valence electrons. The second-order valence-corrected chi connectivity index (χ2v) is 4.70. The minimum Gasteiger partial charge on any atom is -0.324 e. The monoisotopic (exact) mass is 315 g/mol. The van der Waals surface area contributed by atoms with E-state index in [1.54, 1.807) is 0 Å². The molecule has 0 aliphatic carbocycles. The summed E-state index contributed by atoms with van der Waals surface area (Å²) in [6.07, 6.45) is 0. The highest BCUT2D eigenvalue weighted by Gasteiger charge is 2.40. The lowest BCUT2D eigenvalue weighted by molar-refractivity contribution is -0.141. The van der Waals surface area contributed by atoms with Crippen LogP contribution in [0.2, 0.25) is 10.0 Å². The molecule has 0 saturated carbocycles. The first-order valence-electron chi connectivity index (χ1n) is 5.30. The Morgan fingerprint density at radius 3 is 2.25 bits per heavy atom. The SMILES string of the molecule is O=C1NC(=O)C(C(=O)Nc2ccc(Cl)cc2Cl)C(=O)N1. The number of anilines is 1. The molecular formula is C11H7Cl2N3O4. The van der Waals surface area contributed by atoms with Crippen molar-refractivity contribution < 1.29 is 19.2 Å². The molecule has 0 unspecified atom stereocenters. The van der Waals surface area contributed by atoms with Crippen molar-refractivity contribution in [3.63, 3.8) is 0 Å². The first-order valence-corrected chi connectivity index (χ1v) is 6.05. The maximum Gasteiger partial charge on any atom is 0.328 e. The number of benzene rings is 1. The third-order valence-corrected chi connectivity index (χ3v) is 3.00. The molecule has 20 heavy (non-hydrogen) atoms. The van der Waals surface area contributed by atoms with Crippen LogP contribution in [0.25, 0.3) is 0 Å². The molecule has 0 spiro atoms. The maximum atomic E-state index is 11.9. The molecule has 0 bridgehead atoms. The van der Waals surface area contributed by atoms with Gasteiger partial charge in [0, 0.05) is 5.02 Å². The number of nitrogens with one attached hydrogen (secondary N) is 3. The number of urea groups is 1. The summed E-state index contributed by atoms with van der Waals surface area (Å²) in [5.74, 6) is -4.57. The summed E-state index contributed by atoms with van der Waals surface area (Å²) < 4.78 is 0. The third kappa shape index (κ3) is 2.89. The Bertz CT molecular complexity index is 612. The summed E-state index contributed by atoms with van der Waals surface area (Å²) in [5.41, 5.74) is 0.193. The highest BCUT2D eigenvalue weighted by Crippen LogP contribution is 2.25. The molecule has 1 aliphatic heterocycles. The van der Waals surface area contributed by atoms with Crippen molar-refractivity contribution in [2.24, 2.45) is 5.92 Å². The van der Waals surface area contributed by atoms with E-state index in [-0.39, 0.29) is 10.7 Å². The van der Waals surface area contributed by atoms with E-state index in [1.165, 1.54) is 18.2 Å². The van der Waals surface area contributed by atoms with E-state index in [4.69, 9.17) is 23.2 Å². The van der Waals surface area contributed by atoms with Gasteiger partial charge in [0.25, 0.3) is 0 Å². The zero-order valence-electron chi connectivity index (χ0n) is 9.70. The Hall–Kier alpha value is -2.12. The summed E-state index contributed by atoms with van der Waals surface area (Å²) in [4.78, 5) is 45.7. The summed E-state index contributed by atoms with van der Waals surface area (Å²) in [7, 11) is 0. The molecule has 1 heterocycles. The van der Waals surface area contributed by atoms with Crippen LogP contribution in [0.4, 0.5) is 10.5 Å². The number of hydrogen-bond acceptors (Lipinski definition) is 4. The minimum atomic E-state index is -1.67. The summed E-state index contributed by atoms with van der Waals surface area (Å²) >= 11 is 11.6. The molecule has 1 fully saturated rings. The first-order chi connectivity index (χ1) is 9.38. The average Bonchev–Trinajstić information content (AvgIpc) is 2.31. The highest BCUT2D eigenvalue weighted by molar-refractivity contribution is 6.37. The van der Waals surface area contributed by atoms with Crippen LogP contribution in [0.1, 0.15) is 0 Å². The molecule has 9 heteroatoms. The Morgan fingerprint density at radius 2 is 1.70 bits per heavy atom. The fourth-order valence-electron chi connectivity index (χ4n) is 1.55. The van der Waals surface area contributed by atoms with Gasteiger partial charge in [-0.05, 0) is 18.2 Å². The number of imide groups is 2. The molecule has 3 N–H and O–H groups in total. The van der Waals surface area contributed by atoms with Gasteiger partial charge in [0.05, 0.1) is 10.7 Å². The van der Waals surface area contributed by atoms with Crippen molar-refractivity contribution in [3.8, 4) is 0 Å². The van der Waals surface area contributed by atoms with Crippen molar-refractivity contribution in [1.29, 1.82) is 0 Å². The van der Waals surface area contributed by atoms with E-state index in [2.05, 4.69) is 5.32 Å². The molecular weight excluding hydrogens is 309 g/mol. The topological polar surface area (TPSA) is 104 Å². The van der Waals surface area contributed by atoms with Gasteiger partial charge in [-0.25, -0.2) is 4.79 Å². The van der Waals surface area contributed by atoms with Gasteiger partial charge in [0.15, 0.2) is 5.92 Å². The van der Waals surface area contributed by atoms with Gasteiger partial charge >= 0.3 is 6.03 Å². The molecule has 0 aromatic heterocycles. The van der Waals surface area contributed by atoms with Crippen LogP contribution in [-0.2, 0) is 14.4 Å². The zero-order valence-corrected chi connectivity index (χ0v) is 11.2. The lowest BCUT2D eigenvalue weighted by Crippen LogP contribution is -2.58. The summed E-state index contributed by atoms with van der Waals surface area (Å²) in [6.45, 7) is 0. The molecule has 2 rings (SSSR count). The fourth-order valence-corrected chi connectivity index (χ4v) is 2.01. The minimum absolute atomic E-state index is 0.151. The van der Waals surface area contributed by atoms with Crippen molar-refractivity contribution in [2.75, 3.05) is 5.32 Å². The molecule has 0 atom stereocenters. The van der Waals surface area contributed by atoms with Crippen molar-refractivity contribution in [3.05, 3.63) is 28.2 Å². The van der Waals surface area contributed by atoms with E-state index >= 15 is 0 Å². The number of rotatable bonds is 2. The average molecular weight is 316 g/mol. The third-order valence-electron chi connectivity index (χ3n) is 2.45. The molecule has 7 nitrogen and oxygen atoms in total. The number of halogens is 2. The van der Waals surface area contributed by atoms with Gasteiger partial charge in [-0.1, -0.05) is 23.2 Å². The predicted octanol–water partition coefficient (Wildman–Crippen LogP) is 0.914. The van der Waals surface area contributed by atoms with Crippen LogP contribution in [-0.4, -0.2) is 23.8 Å². The van der Waals surface area contributed by atoms with Crippen LogP contribution in [0.5, 0.6) is 0 Å². The molecule has 1 aliphatic rings. The van der Waals surface area contributed by atoms with Gasteiger partial charge in [0.1, 0.15) is 0 Å². The Kier molecular flexibility index (Phi) is 3.91. The van der Waals surface area contributed by atoms with Crippen molar-refractivity contribution >= 4 is 52.6 Å². The van der Waals surface area contributed by atoms with E-state index in [9.17, 15) is 19.2 Å². The van der Waals surface area contributed by atoms with E-state index in [0.29, 0.717) is 5.02 Å². The molecule has 0 radical (unpaired) electrons. The second-order valence-electron chi connectivity index (χ2n) is 3.85. The highest BCUT2D eigenvalue weighted by atomic mass is 35.5. The van der Waals surface area contributed by atoms with E-state index in [1.807, 2.05) is 10.6 Å². The molecule has 1 aromatic carbocycles. The van der Waals surface area contributed by atoms with Gasteiger partial charge in [-0.2, -0.15) is 0 Å². The summed E-state index contributed by atoms with van der Waals surface area (Å²) in [6, 6.07) is 3.33. The predicted molar refractivity (Wildman–Crippen MR) is 70.3 cm³/mol. The number of amides is 5. The smallest absolute Gasteiger partial charge is 0.324 e. The van der Waals surface area contributed by atoms with Crippen LogP contribution < -0.4 is 16.0 Å². The van der Waals surface area contributed by atoms with Gasteiger partial charge < -0.3 is 5.32 Å². The fraction of sp³-hybridized carbons (Fsp3) is 0.0909. The molecule has 1 aromatic rings. The largest absolute Gasteiger partial charge is 0.328 e. The van der Waals surface area contributed by atoms with Gasteiger partial charge in [-0.15, -0.1) is 0 Å². The summed E-state index contributed by atoms with van der Waals surface area (Å²) in [5, 5.41) is 6.49. The van der Waals surface area contributed by atoms with Crippen LogP contribution in [0, 0.1) is 5.92 Å². The lowest BCUT2D eigenvalue weighted by Gasteiger charge is -2.20. The number of carbonyl (C=O) groups is 4. The van der Waals surface area contributed by atoms with Crippen LogP contribution in [0.15, 0.2) is 18.2 Å². The molecule has 5 amide bonds. The van der Waals surface area contributed by atoms with E-state index in [0.717, 1.165) is 0 Å². The van der Waals surface area contributed by atoms with Crippen LogP contribution in [0.3, 0.4) is 0 Å². The Labute approximate surface area is 122 Å². The maximum absolute atomic E-state index is 11.9. The van der Waals surface area contributed by atoms with Crippen LogP contribution >= 0.6 is 23.2 Å². The normalized spacial score (nSPS) is 15.6. The lowest BCUT2D eigenvalue weighted by atomic mass is 10.1. The first kappa shape index (κ1) is 14.3. The number of barbiturate groups is 1. The van der Waals surface area contributed by atoms with E-state index < -0.39 is 29.7 Å². The molecule has 1 saturated heterocycles. The van der Waals surface area contributed by atoms with Gasteiger partial charge in [-0.3, -0.25) is 25.0 Å². The second kappa shape index (κ2) is 5.48. The standard InChI is InChI=1S/C11H7Cl2N3O4/c12-4-1-2-6(5(13)3-4)14-8(17)7-9(18)15-11(20)16-10(7)19/h1-3,7H,(H,14,17)(H2,15,16,18,19,20). The van der Waals surface area contributed by atoms with Gasteiger partial charge in [0.2, 0.25) is 17.7 Å². The van der Waals surface area contributed by atoms with Crippen molar-refractivity contribution in [1.82, 2.24) is 10.6 Å². The quantitative estimate of drug-likeness (QED) is 0.706. The zero-order chi connectivity index (χ0) is 14.9. The number of carbonyl (C=O) groups excluding carboxylic acids is 4. The number of hydrogen-bond donors (Lipinski definition) is 3. The Balaban J connectivity index is 2.17. The Morgan fingerprint density at radius 1 is 1.10 bits per heavy atom.